The molecule has 0 saturated carbocycles. The molecule has 1 unspecified atom stereocenters. The molecule has 0 aliphatic carbocycles. The highest BCUT2D eigenvalue weighted by Crippen LogP contribution is 2.33. The van der Waals surface area contributed by atoms with Gasteiger partial charge in [-0.05, 0) is 0 Å². The molecule has 11 heteroatoms. The van der Waals surface area contributed by atoms with Crippen LogP contribution in [0.25, 0.3) is 11.2 Å². The van der Waals surface area contributed by atoms with Gasteiger partial charge in [-0.15, -0.1) is 0 Å². The molecular weight excluding hydrogens is 334 g/mol. The summed E-state index contributed by atoms with van der Waals surface area (Å²) >= 11 is 0. The lowest BCUT2D eigenvalue weighted by atomic mass is 10.1. The Morgan fingerprint density at radius 1 is 1.44 bits per heavy atom. The Labute approximate surface area is 141 Å². The molecule has 0 spiro atoms. The maximum atomic E-state index is 11.7. The summed E-state index contributed by atoms with van der Waals surface area (Å²) in [5, 5.41) is 30.4. The zero-order chi connectivity index (χ0) is 18.1. The molecule has 1 aliphatic heterocycles. The van der Waals surface area contributed by atoms with Crippen molar-refractivity contribution in [3.63, 3.8) is 0 Å². The molecule has 3 rings (SSSR count). The number of aliphatic hydroxyl groups is 3. The topological polar surface area (TPSA) is 166 Å². The summed E-state index contributed by atoms with van der Waals surface area (Å²) in [5.74, 6) is -0.861. The summed E-state index contributed by atoms with van der Waals surface area (Å²) in [7, 11) is 0. The highest BCUT2D eigenvalue weighted by atomic mass is 16.6. The first-order valence-electron chi connectivity index (χ1n) is 7.36. The lowest BCUT2D eigenvalue weighted by Gasteiger charge is -2.19. The van der Waals surface area contributed by atoms with E-state index in [0.717, 1.165) is 0 Å². The van der Waals surface area contributed by atoms with Crippen LogP contribution >= 0.6 is 0 Å². The van der Waals surface area contributed by atoms with Gasteiger partial charge in [0, 0.05) is 0 Å². The summed E-state index contributed by atoms with van der Waals surface area (Å²) in [5.41, 5.74) is 6.27. The Balaban J connectivity index is 1.85. The van der Waals surface area contributed by atoms with E-state index in [4.69, 9.17) is 15.2 Å². The summed E-state index contributed by atoms with van der Waals surface area (Å²) < 4.78 is 11.5. The number of carbonyl (C=O) groups is 1. The molecule has 2 aromatic heterocycles. The fourth-order valence-corrected chi connectivity index (χ4v) is 2.59. The molecule has 11 nitrogen and oxygen atoms in total. The van der Waals surface area contributed by atoms with Crippen molar-refractivity contribution in [2.45, 2.75) is 30.6 Å². The van der Waals surface area contributed by atoms with E-state index in [9.17, 15) is 20.1 Å². The number of ether oxygens (including phenoxy) is 2. The van der Waals surface area contributed by atoms with Crippen molar-refractivity contribution in [1.29, 1.82) is 0 Å². The van der Waals surface area contributed by atoms with Gasteiger partial charge >= 0.3 is 5.97 Å². The molecule has 0 amide bonds. The van der Waals surface area contributed by atoms with Gasteiger partial charge < -0.3 is 30.5 Å². The second-order valence-corrected chi connectivity index (χ2v) is 5.42. The molecular formula is C14H17N5O6. The summed E-state index contributed by atoms with van der Waals surface area (Å²) in [6.07, 6.45) is -3.45. The van der Waals surface area contributed by atoms with Gasteiger partial charge in [-0.3, -0.25) is 4.57 Å². The van der Waals surface area contributed by atoms with Crippen LogP contribution < -0.4 is 5.73 Å². The summed E-state index contributed by atoms with van der Waals surface area (Å²) in [6.45, 7) is 3.28. The van der Waals surface area contributed by atoms with E-state index in [2.05, 4.69) is 21.5 Å². The number of nitrogens with zero attached hydrogens (tertiary/aromatic N) is 4. The Morgan fingerprint density at radius 3 is 2.92 bits per heavy atom. The Bertz CT molecular complexity index is 795. The number of nitrogen functional groups attached to an aromatic ring is 1. The maximum Gasteiger partial charge on any atom is 0.338 e. The SMILES string of the molecule is C=CCOC(=O)C(O)[C@H]1O[C@@H](n2cnc3c(N)ncnc32)[C@H](O)[C@@H]1O. The summed E-state index contributed by atoms with van der Waals surface area (Å²) in [4.78, 5) is 23.6. The van der Waals surface area contributed by atoms with Crippen LogP contribution in [-0.4, -0.2) is 71.8 Å². The van der Waals surface area contributed by atoms with Crippen molar-refractivity contribution in [3.8, 4) is 0 Å². The first-order chi connectivity index (χ1) is 12.0. The van der Waals surface area contributed by atoms with Gasteiger partial charge in [-0.25, -0.2) is 19.7 Å². The molecule has 0 bridgehead atoms. The number of aliphatic hydroxyl groups excluding tert-OH is 3. The first kappa shape index (κ1) is 17.2. The summed E-state index contributed by atoms with van der Waals surface area (Å²) in [6, 6.07) is 0. The zero-order valence-corrected chi connectivity index (χ0v) is 13.0. The lowest BCUT2D eigenvalue weighted by molar-refractivity contribution is -0.165. The number of rotatable bonds is 5. The number of hydrogen-bond donors (Lipinski definition) is 4. The van der Waals surface area contributed by atoms with E-state index in [1.165, 1.54) is 23.3 Å². The quantitative estimate of drug-likeness (QED) is 0.353. The van der Waals surface area contributed by atoms with Crippen LogP contribution in [0.1, 0.15) is 6.23 Å². The maximum absolute atomic E-state index is 11.7. The average molecular weight is 351 g/mol. The second-order valence-electron chi connectivity index (χ2n) is 5.42. The van der Waals surface area contributed by atoms with Gasteiger partial charge in [-0.1, -0.05) is 12.7 Å². The van der Waals surface area contributed by atoms with E-state index in [0.29, 0.717) is 5.52 Å². The van der Waals surface area contributed by atoms with Crippen LogP contribution in [0.15, 0.2) is 25.3 Å². The predicted molar refractivity (Wildman–Crippen MR) is 82.8 cm³/mol. The van der Waals surface area contributed by atoms with Crippen LogP contribution in [0.5, 0.6) is 0 Å². The molecule has 5 atom stereocenters. The predicted octanol–water partition coefficient (Wildman–Crippen LogP) is -1.88. The third-order valence-electron chi connectivity index (χ3n) is 3.83. The minimum atomic E-state index is -1.79. The van der Waals surface area contributed by atoms with E-state index in [1.54, 1.807) is 0 Å². The molecule has 25 heavy (non-hydrogen) atoms. The van der Waals surface area contributed by atoms with Crippen molar-refractivity contribution < 1.29 is 29.6 Å². The van der Waals surface area contributed by atoms with Gasteiger partial charge in [0.2, 0.25) is 0 Å². The largest absolute Gasteiger partial charge is 0.459 e. The molecule has 0 aromatic carbocycles. The number of hydrogen-bond acceptors (Lipinski definition) is 10. The third-order valence-corrected chi connectivity index (χ3v) is 3.83. The molecule has 2 aromatic rings. The Kier molecular flexibility index (Phi) is 4.63. The van der Waals surface area contributed by atoms with Gasteiger partial charge in [0.15, 0.2) is 23.8 Å². The normalized spacial score (nSPS) is 27.3. The number of esters is 1. The van der Waals surface area contributed by atoms with Gasteiger partial charge in [-0.2, -0.15) is 0 Å². The second kappa shape index (κ2) is 6.72. The van der Waals surface area contributed by atoms with Crippen molar-refractivity contribution in [3.05, 3.63) is 25.3 Å². The number of fused-ring (bicyclic) bond motifs is 1. The number of nitrogens with two attached hydrogens (primary N) is 1. The molecule has 0 radical (unpaired) electrons. The van der Waals surface area contributed by atoms with Crippen LogP contribution in [0.3, 0.4) is 0 Å². The molecule has 3 heterocycles. The Hall–Kier alpha value is -2.60. The van der Waals surface area contributed by atoms with E-state index in [-0.39, 0.29) is 18.1 Å². The van der Waals surface area contributed by atoms with E-state index in [1.807, 2.05) is 0 Å². The van der Waals surface area contributed by atoms with Crippen molar-refractivity contribution >= 4 is 23.0 Å². The van der Waals surface area contributed by atoms with Crippen LogP contribution in [0.4, 0.5) is 5.82 Å². The zero-order valence-electron chi connectivity index (χ0n) is 13.0. The first-order valence-corrected chi connectivity index (χ1v) is 7.36. The van der Waals surface area contributed by atoms with Gasteiger partial charge in [0.05, 0.1) is 6.33 Å². The molecule has 1 aliphatic rings. The number of carbonyl (C=O) groups excluding carboxylic acids is 1. The molecule has 1 saturated heterocycles. The molecule has 1 fully saturated rings. The number of anilines is 1. The third kappa shape index (κ3) is 2.93. The highest BCUT2D eigenvalue weighted by molar-refractivity contribution is 5.81. The average Bonchev–Trinajstić information content (AvgIpc) is 3.15. The number of aromatic nitrogens is 4. The van der Waals surface area contributed by atoms with Gasteiger partial charge in [0.1, 0.15) is 36.8 Å². The van der Waals surface area contributed by atoms with Crippen molar-refractivity contribution in [2.75, 3.05) is 12.3 Å². The Morgan fingerprint density at radius 2 is 2.20 bits per heavy atom. The fourth-order valence-electron chi connectivity index (χ4n) is 2.59. The molecule has 5 N–H and O–H groups in total. The fraction of sp³-hybridized carbons (Fsp3) is 0.429. The highest BCUT2D eigenvalue weighted by Gasteiger charge is 2.49. The number of imidazole rings is 1. The minimum Gasteiger partial charge on any atom is -0.459 e. The van der Waals surface area contributed by atoms with Crippen molar-refractivity contribution in [2.24, 2.45) is 0 Å². The van der Waals surface area contributed by atoms with Crippen molar-refractivity contribution in [1.82, 2.24) is 19.5 Å². The smallest absolute Gasteiger partial charge is 0.338 e. The van der Waals surface area contributed by atoms with Gasteiger partial charge in [0.25, 0.3) is 0 Å². The van der Waals surface area contributed by atoms with Crippen LogP contribution in [0.2, 0.25) is 0 Å². The standard InChI is InChI=1S/C14H17N5O6/c1-2-3-24-14(23)9(22)10-7(20)8(21)13(25-10)19-5-18-6-11(15)16-4-17-12(6)19/h2,4-5,7-10,13,20-22H,1,3H2,(H2,15,16,17)/t7-,8+,9?,10-,13+/m0/s1. The lowest BCUT2D eigenvalue weighted by Crippen LogP contribution is -2.43. The minimum absolute atomic E-state index is 0.104. The molecule has 134 valence electrons. The monoisotopic (exact) mass is 351 g/mol. The van der Waals surface area contributed by atoms with Crippen LogP contribution in [0, 0.1) is 0 Å². The van der Waals surface area contributed by atoms with Crippen LogP contribution in [-0.2, 0) is 14.3 Å². The van der Waals surface area contributed by atoms with E-state index < -0.39 is 36.6 Å². The van der Waals surface area contributed by atoms with E-state index >= 15 is 0 Å².